The first-order valence-corrected chi connectivity index (χ1v) is 7.05. The summed E-state index contributed by atoms with van der Waals surface area (Å²) >= 11 is 0. The molecular weight excluding hydrogens is 281 g/mol. The van der Waals surface area contributed by atoms with Crippen LogP contribution in [0.4, 0.5) is 13.2 Å². The van der Waals surface area contributed by atoms with Gasteiger partial charge in [0.2, 0.25) is 0 Å². The minimum absolute atomic E-state index is 0.147. The lowest BCUT2D eigenvalue weighted by molar-refractivity contribution is -0.150. The Morgan fingerprint density at radius 2 is 1.90 bits per heavy atom. The quantitative estimate of drug-likeness (QED) is 0.717. The number of benzene rings is 1. The summed E-state index contributed by atoms with van der Waals surface area (Å²) in [6, 6.07) is 5.19. The summed E-state index contributed by atoms with van der Waals surface area (Å²) in [5.41, 5.74) is -0.0782. The monoisotopic (exact) mass is 302 g/mol. The summed E-state index contributed by atoms with van der Waals surface area (Å²) in [6.07, 6.45) is -3.36. The minimum atomic E-state index is -4.33. The van der Waals surface area contributed by atoms with Gasteiger partial charge in [0.25, 0.3) is 0 Å². The second-order valence-corrected chi connectivity index (χ2v) is 5.49. The molecule has 0 unspecified atom stereocenters. The van der Waals surface area contributed by atoms with Gasteiger partial charge in [-0.3, -0.25) is 4.79 Å². The summed E-state index contributed by atoms with van der Waals surface area (Å²) in [5, 5.41) is 0. The molecule has 0 aromatic heterocycles. The van der Waals surface area contributed by atoms with Crippen LogP contribution in [0.5, 0.6) is 0 Å². The van der Waals surface area contributed by atoms with Gasteiger partial charge in [-0.1, -0.05) is 32.0 Å². The lowest BCUT2D eigenvalue weighted by Crippen LogP contribution is -2.20. The van der Waals surface area contributed by atoms with Crippen molar-refractivity contribution in [3.8, 4) is 0 Å². The van der Waals surface area contributed by atoms with Crippen LogP contribution in [0, 0.1) is 5.92 Å². The van der Waals surface area contributed by atoms with Gasteiger partial charge in [-0.25, -0.2) is 0 Å². The number of hydrogen-bond acceptors (Lipinski definition) is 2. The van der Waals surface area contributed by atoms with Gasteiger partial charge in [0.15, 0.2) is 0 Å². The van der Waals surface area contributed by atoms with Crippen LogP contribution in [-0.4, -0.2) is 12.1 Å². The third kappa shape index (κ3) is 6.19. The molecule has 0 bridgehead atoms. The van der Waals surface area contributed by atoms with Gasteiger partial charge >= 0.3 is 12.1 Å². The maximum Gasteiger partial charge on any atom is 0.416 e. The number of carbonyl (C=O) groups is 1. The molecule has 0 aliphatic rings. The van der Waals surface area contributed by atoms with Gasteiger partial charge in [0.1, 0.15) is 6.10 Å². The average Bonchev–Trinajstić information content (AvgIpc) is 2.37. The van der Waals surface area contributed by atoms with E-state index >= 15 is 0 Å². The van der Waals surface area contributed by atoms with Crippen molar-refractivity contribution in [3.05, 3.63) is 35.4 Å². The molecule has 0 heterocycles. The summed E-state index contributed by atoms with van der Waals surface area (Å²) in [5.74, 6) is -0.0550. The van der Waals surface area contributed by atoms with Gasteiger partial charge in [-0.15, -0.1) is 0 Å². The van der Waals surface area contributed by atoms with E-state index in [9.17, 15) is 18.0 Å². The third-order valence-corrected chi connectivity index (χ3v) is 3.36. The number of alkyl halides is 3. The molecule has 0 radical (unpaired) electrons. The van der Waals surface area contributed by atoms with Crippen LogP contribution in [0.25, 0.3) is 0 Å². The SMILES string of the molecule is CC(C)[C@@H](C)OC(=O)CCCc1cccc(C(F)(F)F)c1. The first-order valence-electron chi connectivity index (χ1n) is 7.05. The largest absolute Gasteiger partial charge is 0.462 e. The van der Waals surface area contributed by atoms with Gasteiger partial charge in [-0.2, -0.15) is 13.2 Å². The van der Waals surface area contributed by atoms with Crippen molar-refractivity contribution in [1.29, 1.82) is 0 Å². The van der Waals surface area contributed by atoms with Crippen molar-refractivity contribution >= 4 is 5.97 Å². The normalized spacial score (nSPS) is 13.3. The number of carbonyl (C=O) groups excluding carboxylic acids is 1. The Kier molecular flexibility index (Phi) is 6.24. The molecule has 0 amide bonds. The van der Waals surface area contributed by atoms with Gasteiger partial charge < -0.3 is 4.74 Å². The fourth-order valence-corrected chi connectivity index (χ4v) is 1.74. The molecule has 118 valence electrons. The first kappa shape index (κ1) is 17.5. The van der Waals surface area contributed by atoms with Crippen LogP contribution >= 0.6 is 0 Å². The van der Waals surface area contributed by atoms with E-state index in [0.29, 0.717) is 18.4 Å². The standard InChI is InChI=1S/C16H21F3O2/c1-11(2)12(3)21-15(20)9-5-7-13-6-4-8-14(10-13)16(17,18)19/h4,6,8,10-12H,5,7,9H2,1-3H3/t12-/m1/s1. The number of esters is 1. The summed E-state index contributed by atoms with van der Waals surface area (Å²) < 4.78 is 42.9. The predicted octanol–water partition coefficient (Wildman–Crippen LogP) is 4.62. The highest BCUT2D eigenvalue weighted by Gasteiger charge is 2.30. The van der Waals surface area contributed by atoms with Crippen LogP contribution in [0.3, 0.4) is 0 Å². The molecule has 21 heavy (non-hydrogen) atoms. The fraction of sp³-hybridized carbons (Fsp3) is 0.562. The smallest absolute Gasteiger partial charge is 0.416 e. The van der Waals surface area contributed by atoms with E-state index in [1.165, 1.54) is 6.07 Å². The molecule has 0 aliphatic heterocycles. The summed E-state index contributed by atoms with van der Waals surface area (Å²) in [6.45, 7) is 5.75. The number of ether oxygens (including phenoxy) is 1. The third-order valence-electron chi connectivity index (χ3n) is 3.36. The highest BCUT2D eigenvalue weighted by molar-refractivity contribution is 5.69. The molecule has 0 fully saturated rings. The molecular formula is C16H21F3O2. The predicted molar refractivity (Wildman–Crippen MR) is 74.8 cm³/mol. The zero-order valence-electron chi connectivity index (χ0n) is 12.5. The number of hydrogen-bond donors (Lipinski definition) is 0. The molecule has 1 rings (SSSR count). The Hall–Kier alpha value is -1.52. The van der Waals surface area contributed by atoms with E-state index in [0.717, 1.165) is 12.1 Å². The molecule has 1 atom stereocenters. The summed E-state index contributed by atoms with van der Waals surface area (Å²) in [4.78, 5) is 11.6. The van der Waals surface area contributed by atoms with Crippen molar-refractivity contribution in [2.75, 3.05) is 0 Å². The van der Waals surface area contributed by atoms with E-state index in [-0.39, 0.29) is 24.4 Å². The maximum atomic E-state index is 12.6. The van der Waals surface area contributed by atoms with Crippen LogP contribution in [0.2, 0.25) is 0 Å². The zero-order chi connectivity index (χ0) is 16.0. The minimum Gasteiger partial charge on any atom is -0.462 e. The number of halogens is 3. The van der Waals surface area contributed by atoms with Crippen molar-refractivity contribution in [3.63, 3.8) is 0 Å². The van der Waals surface area contributed by atoms with Crippen LogP contribution < -0.4 is 0 Å². The van der Waals surface area contributed by atoms with Gasteiger partial charge in [-0.05, 0) is 37.3 Å². The first-order chi connectivity index (χ1) is 9.70. The van der Waals surface area contributed by atoms with Gasteiger partial charge in [0, 0.05) is 6.42 Å². The van der Waals surface area contributed by atoms with Crippen molar-refractivity contribution in [2.24, 2.45) is 5.92 Å². The average molecular weight is 302 g/mol. The molecule has 1 aromatic rings. The van der Waals surface area contributed by atoms with Crippen LogP contribution in [-0.2, 0) is 22.1 Å². The highest BCUT2D eigenvalue weighted by Crippen LogP contribution is 2.29. The molecule has 0 saturated carbocycles. The van der Waals surface area contributed by atoms with Gasteiger partial charge in [0.05, 0.1) is 5.56 Å². The van der Waals surface area contributed by atoms with Crippen LogP contribution in [0.1, 0.15) is 44.7 Å². The van der Waals surface area contributed by atoms with E-state index in [1.54, 1.807) is 6.07 Å². The maximum absolute atomic E-state index is 12.6. The van der Waals surface area contributed by atoms with Crippen molar-refractivity contribution in [1.82, 2.24) is 0 Å². The molecule has 2 nitrogen and oxygen atoms in total. The van der Waals surface area contributed by atoms with Crippen molar-refractivity contribution in [2.45, 2.75) is 52.3 Å². The molecule has 0 aliphatic carbocycles. The Balaban J connectivity index is 2.44. The Morgan fingerprint density at radius 3 is 2.48 bits per heavy atom. The lowest BCUT2D eigenvalue weighted by atomic mass is 10.0. The Bertz CT molecular complexity index is 467. The Morgan fingerprint density at radius 1 is 1.24 bits per heavy atom. The van der Waals surface area contributed by atoms with Crippen molar-refractivity contribution < 1.29 is 22.7 Å². The molecule has 0 spiro atoms. The molecule has 5 heteroatoms. The second-order valence-electron chi connectivity index (χ2n) is 5.49. The summed E-state index contributed by atoms with van der Waals surface area (Å²) in [7, 11) is 0. The number of rotatable bonds is 6. The Labute approximate surface area is 123 Å². The molecule has 1 aromatic carbocycles. The highest BCUT2D eigenvalue weighted by atomic mass is 19.4. The fourth-order valence-electron chi connectivity index (χ4n) is 1.74. The number of aryl methyl sites for hydroxylation is 1. The molecule has 0 saturated heterocycles. The topological polar surface area (TPSA) is 26.3 Å². The molecule has 0 N–H and O–H groups in total. The van der Waals surface area contributed by atoms with Crippen LogP contribution in [0.15, 0.2) is 24.3 Å². The van der Waals surface area contributed by atoms with E-state index in [4.69, 9.17) is 4.74 Å². The zero-order valence-corrected chi connectivity index (χ0v) is 12.5. The van der Waals surface area contributed by atoms with E-state index in [1.807, 2.05) is 20.8 Å². The van der Waals surface area contributed by atoms with E-state index < -0.39 is 11.7 Å². The lowest BCUT2D eigenvalue weighted by Gasteiger charge is -2.16. The van der Waals surface area contributed by atoms with E-state index in [2.05, 4.69) is 0 Å². The second kappa shape index (κ2) is 7.48.